The molecule has 1 aliphatic rings. The molecule has 0 aromatic heterocycles. The van der Waals surface area contributed by atoms with Crippen LogP contribution in [-0.2, 0) is 6.42 Å². The third kappa shape index (κ3) is 1.08. The smallest absolute Gasteiger partial charge is 0.140 e. The van der Waals surface area contributed by atoms with Gasteiger partial charge in [-0.15, -0.1) is 0 Å². The Morgan fingerprint density at radius 3 is 3.00 bits per heavy atom. The van der Waals surface area contributed by atoms with E-state index >= 15 is 0 Å². The van der Waals surface area contributed by atoms with Crippen LogP contribution in [0.25, 0.3) is 0 Å². The summed E-state index contributed by atoms with van der Waals surface area (Å²) in [5.41, 5.74) is 7.54. The molecule has 0 bridgehead atoms. The van der Waals surface area contributed by atoms with E-state index in [2.05, 4.69) is 15.9 Å². The maximum atomic E-state index is 13.4. The summed E-state index contributed by atoms with van der Waals surface area (Å²) in [6, 6.07) is 3.65. The van der Waals surface area contributed by atoms with Gasteiger partial charge in [-0.1, -0.05) is 6.07 Å². The Labute approximate surface area is 78.9 Å². The van der Waals surface area contributed by atoms with Crippen molar-refractivity contribution in [2.45, 2.75) is 18.9 Å². The minimum Gasteiger partial charge on any atom is -0.324 e. The Balaban J connectivity index is 2.60. The van der Waals surface area contributed by atoms with Crippen LogP contribution in [0.1, 0.15) is 23.6 Å². The standard InChI is InChI=1S/C9H9BrFN/c10-7-3-1-5-6(9(7)11)2-4-8(5)12/h1,3,8H,2,4,12H2. The predicted molar refractivity (Wildman–Crippen MR) is 49.3 cm³/mol. The molecule has 2 N–H and O–H groups in total. The van der Waals surface area contributed by atoms with Gasteiger partial charge in [0.15, 0.2) is 0 Å². The molecule has 0 radical (unpaired) electrons. The predicted octanol–water partition coefficient (Wildman–Crippen LogP) is 2.53. The number of hydrogen-bond donors (Lipinski definition) is 1. The van der Waals surface area contributed by atoms with E-state index in [1.807, 2.05) is 6.07 Å². The molecule has 1 aromatic carbocycles. The Morgan fingerprint density at radius 1 is 1.50 bits per heavy atom. The van der Waals surface area contributed by atoms with Crippen LogP contribution < -0.4 is 5.73 Å². The van der Waals surface area contributed by atoms with E-state index in [1.165, 1.54) is 0 Å². The van der Waals surface area contributed by atoms with Crippen LogP contribution in [0.2, 0.25) is 0 Å². The molecule has 2 rings (SSSR count). The first kappa shape index (κ1) is 8.20. The van der Waals surface area contributed by atoms with Crippen LogP contribution in [0.5, 0.6) is 0 Å². The number of halogens is 2. The largest absolute Gasteiger partial charge is 0.324 e. The molecule has 0 fully saturated rings. The Bertz CT molecular complexity index is 325. The number of rotatable bonds is 0. The molecule has 1 aliphatic carbocycles. The topological polar surface area (TPSA) is 26.0 Å². The van der Waals surface area contributed by atoms with Crippen LogP contribution in [0, 0.1) is 5.82 Å². The lowest BCUT2D eigenvalue weighted by molar-refractivity contribution is 0.606. The van der Waals surface area contributed by atoms with Gasteiger partial charge >= 0.3 is 0 Å². The second-order valence-corrected chi connectivity index (χ2v) is 3.93. The Morgan fingerprint density at radius 2 is 2.25 bits per heavy atom. The monoisotopic (exact) mass is 229 g/mol. The van der Waals surface area contributed by atoms with Crippen molar-refractivity contribution in [2.75, 3.05) is 0 Å². The molecule has 0 heterocycles. The molecule has 1 atom stereocenters. The third-order valence-corrected chi connectivity index (χ3v) is 2.95. The van der Waals surface area contributed by atoms with E-state index in [0.29, 0.717) is 4.47 Å². The second-order valence-electron chi connectivity index (χ2n) is 3.07. The first-order valence-electron chi connectivity index (χ1n) is 3.92. The molecule has 1 nitrogen and oxygen atoms in total. The molecule has 3 heteroatoms. The lowest BCUT2D eigenvalue weighted by Gasteiger charge is -2.05. The van der Waals surface area contributed by atoms with Gasteiger partial charge in [-0.25, -0.2) is 4.39 Å². The van der Waals surface area contributed by atoms with Crippen LogP contribution >= 0.6 is 15.9 Å². The highest BCUT2D eigenvalue weighted by atomic mass is 79.9. The van der Waals surface area contributed by atoms with Crippen molar-refractivity contribution in [1.82, 2.24) is 0 Å². The van der Waals surface area contributed by atoms with E-state index in [-0.39, 0.29) is 11.9 Å². The van der Waals surface area contributed by atoms with E-state index in [9.17, 15) is 4.39 Å². The van der Waals surface area contributed by atoms with Crippen molar-refractivity contribution < 1.29 is 4.39 Å². The van der Waals surface area contributed by atoms with Crippen molar-refractivity contribution in [1.29, 1.82) is 0 Å². The average molecular weight is 230 g/mol. The van der Waals surface area contributed by atoms with E-state index < -0.39 is 0 Å². The Kier molecular flexibility index (Phi) is 1.93. The highest BCUT2D eigenvalue weighted by molar-refractivity contribution is 9.10. The summed E-state index contributed by atoms with van der Waals surface area (Å²) < 4.78 is 13.9. The molecule has 0 spiro atoms. The molecule has 64 valence electrons. The van der Waals surface area contributed by atoms with Crippen molar-refractivity contribution in [3.05, 3.63) is 33.5 Å². The Hall–Kier alpha value is -0.410. The van der Waals surface area contributed by atoms with Crippen molar-refractivity contribution in [2.24, 2.45) is 5.73 Å². The number of fused-ring (bicyclic) bond motifs is 1. The lowest BCUT2D eigenvalue weighted by atomic mass is 10.1. The molecule has 0 amide bonds. The highest BCUT2D eigenvalue weighted by Crippen LogP contribution is 2.33. The van der Waals surface area contributed by atoms with Gasteiger partial charge in [0.2, 0.25) is 0 Å². The minimum atomic E-state index is -0.138. The summed E-state index contributed by atoms with van der Waals surface area (Å²) in [5, 5.41) is 0. The average Bonchev–Trinajstić information content (AvgIpc) is 2.41. The summed E-state index contributed by atoms with van der Waals surface area (Å²) in [6.45, 7) is 0. The van der Waals surface area contributed by atoms with Crippen molar-refractivity contribution >= 4 is 15.9 Å². The van der Waals surface area contributed by atoms with Crippen LogP contribution in [0.15, 0.2) is 16.6 Å². The molecule has 0 saturated carbocycles. The molecule has 0 aliphatic heterocycles. The summed E-state index contributed by atoms with van der Waals surface area (Å²) >= 11 is 3.15. The maximum Gasteiger partial charge on any atom is 0.140 e. The summed E-state index contributed by atoms with van der Waals surface area (Å²) in [6.07, 6.45) is 1.63. The SMILES string of the molecule is NC1CCc2c1ccc(Br)c2F. The zero-order chi connectivity index (χ0) is 8.72. The molecule has 0 saturated heterocycles. The fourth-order valence-corrected chi connectivity index (χ4v) is 2.04. The minimum absolute atomic E-state index is 0.0302. The zero-order valence-corrected chi connectivity index (χ0v) is 8.07. The first-order chi connectivity index (χ1) is 5.70. The molecule has 1 aromatic rings. The van der Waals surface area contributed by atoms with Gasteiger partial charge in [0.25, 0.3) is 0 Å². The molecular formula is C9H9BrFN. The normalized spacial score (nSPS) is 21.1. The van der Waals surface area contributed by atoms with Crippen molar-refractivity contribution in [3.63, 3.8) is 0 Å². The number of hydrogen-bond acceptors (Lipinski definition) is 1. The quantitative estimate of drug-likeness (QED) is 0.728. The first-order valence-corrected chi connectivity index (χ1v) is 4.72. The molecule has 12 heavy (non-hydrogen) atoms. The number of nitrogens with two attached hydrogens (primary N) is 1. The maximum absolute atomic E-state index is 13.4. The zero-order valence-electron chi connectivity index (χ0n) is 6.48. The fourth-order valence-electron chi connectivity index (χ4n) is 1.66. The molecular weight excluding hydrogens is 221 g/mol. The second kappa shape index (κ2) is 2.82. The van der Waals surface area contributed by atoms with Crippen LogP contribution in [-0.4, -0.2) is 0 Å². The van der Waals surface area contributed by atoms with E-state index in [4.69, 9.17) is 5.73 Å². The van der Waals surface area contributed by atoms with E-state index in [0.717, 1.165) is 24.0 Å². The van der Waals surface area contributed by atoms with Gasteiger partial charge in [-0.3, -0.25) is 0 Å². The van der Waals surface area contributed by atoms with Gasteiger partial charge in [0, 0.05) is 6.04 Å². The van der Waals surface area contributed by atoms with Gasteiger partial charge < -0.3 is 5.73 Å². The van der Waals surface area contributed by atoms with E-state index in [1.54, 1.807) is 6.07 Å². The third-order valence-electron chi connectivity index (χ3n) is 2.34. The summed E-state index contributed by atoms with van der Waals surface area (Å²) in [7, 11) is 0. The van der Waals surface area contributed by atoms with Gasteiger partial charge in [-0.2, -0.15) is 0 Å². The summed E-state index contributed by atoms with van der Waals surface area (Å²) in [4.78, 5) is 0. The van der Waals surface area contributed by atoms with Crippen molar-refractivity contribution in [3.8, 4) is 0 Å². The lowest BCUT2D eigenvalue weighted by Crippen LogP contribution is -2.05. The fraction of sp³-hybridized carbons (Fsp3) is 0.333. The molecule has 1 unspecified atom stereocenters. The number of benzene rings is 1. The van der Waals surface area contributed by atoms with Crippen LogP contribution in [0.4, 0.5) is 4.39 Å². The van der Waals surface area contributed by atoms with Gasteiger partial charge in [0.05, 0.1) is 4.47 Å². The highest BCUT2D eigenvalue weighted by Gasteiger charge is 2.22. The van der Waals surface area contributed by atoms with Gasteiger partial charge in [0.1, 0.15) is 5.82 Å². The summed E-state index contributed by atoms with van der Waals surface area (Å²) in [5.74, 6) is -0.138. The van der Waals surface area contributed by atoms with Gasteiger partial charge in [-0.05, 0) is 46.0 Å². The van der Waals surface area contributed by atoms with Crippen LogP contribution in [0.3, 0.4) is 0 Å².